The Kier molecular flexibility index (Phi) is 2.65. The topological polar surface area (TPSA) is 49.7 Å². The van der Waals surface area contributed by atoms with Gasteiger partial charge in [0, 0.05) is 6.42 Å². The summed E-state index contributed by atoms with van der Waals surface area (Å²) in [6.45, 7) is 5.02. The molecule has 11 heavy (non-hydrogen) atoms. The monoisotopic (exact) mass is 157 g/mol. The van der Waals surface area contributed by atoms with Crippen molar-refractivity contribution in [1.82, 2.24) is 0 Å². The minimum Gasteiger partial charge on any atom is -0.391 e. The Morgan fingerprint density at radius 2 is 2.36 bits per heavy atom. The molecule has 3 nitrogen and oxygen atoms in total. The third-order valence-corrected chi connectivity index (χ3v) is 1.86. The minimum atomic E-state index is -0.636. The summed E-state index contributed by atoms with van der Waals surface area (Å²) in [7, 11) is 0. The first kappa shape index (κ1) is 8.71. The molecule has 0 saturated carbocycles. The van der Waals surface area contributed by atoms with Crippen LogP contribution in [0.25, 0.3) is 0 Å². The van der Waals surface area contributed by atoms with Crippen LogP contribution < -0.4 is 0 Å². The second-order valence-electron chi connectivity index (χ2n) is 2.84. The number of hydrogen-bond acceptors (Lipinski definition) is 3. The molecule has 0 aromatic heterocycles. The molecule has 0 aromatic rings. The van der Waals surface area contributed by atoms with E-state index in [9.17, 15) is 5.11 Å². The van der Waals surface area contributed by atoms with Crippen molar-refractivity contribution in [2.24, 2.45) is 0 Å². The lowest BCUT2D eigenvalue weighted by molar-refractivity contribution is -0.0504. The van der Waals surface area contributed by atoms with Gasteiger partial charge in [0.25, 0.3) is 0 Å². The van der Waals surface area contributed by atoms with Crippen LogP contribution in [0.1, 0.15) is 13.3 Å². The molecule has 1 fully saturated rings. The molecule has 1 radical (unpaired) electrons. The van der Waals surface area contributed by atoms with Crippen LogP contribution in [0.3, 0.4) is 0 Å². The van der Waals surface area contributed by atoms with Gasteiger partial charge < -0.3 is 14.9 Å². The highest BCUT2D eigenvalue weighted by Gasteiger charge is 2.35. The van der Waals surface area contributed by atoms with E-state index >= 15 is 0 Å². The largest absolute Gasteiger partial charge is 0.391 e. The van der Waals surface area contributed by atoms with Crippen molar-refractivity contribution >= 4 is 0 Å². The fraction of sp³-hybridized carbons (Fsp3) is 0.750. The third kappa shape index (κ3) is 1.80. The lowest BCUT2D eigenvalue weighted by Crippen LogP contribution is -2.32. The second kappa shape index (κ2) is 3.34. The van der Waals surface area contributed by atoms with Crippen LogP contribution in [0.2, 0.25) is 0 Å². The van der Waals surface area contributed by atoms with Crippen LogP contribution in [0.15, 0.2) is 6.58 Å². The van der Waals surface area contributed by atoms with E-state index in [1.807, 2.05) is 0 Å². The summed E-state index contributed by atoms with van der Waals surface area (Å²) in [5.41, 5.74) is 0. The SMILES string of the molecule is C=[C][C@H]1C[C@H](O)[C@@H](C(C)O)O1. The molecule has 4 atom stereocenters. The van der Waals surface area contributed by atoms with Gasteiger partial charge in [-0.3, -0.25) is 0 Å². The molecular weight excluding hydrogens is 144 g/mol. The number of hydrogen-bond donors (Lipinski definition) is 2. The Morgan fingerprint density at radius 3 is 2.64 bits per heavy atom. The Bertz CT molecular complexity index is 144. The first-order valence-corrected chi connectivity index (χ1v) is 3.69. The molecule has 63 valence electrons. The van der Waals surface area contributed by atoms with Crippen molar-refractivity contribution in [2.75, 3.05) is 0 Å². The van der Waals surface area contributed by atoms with Crippen molar-refractivity contribution in [3.8, 4) is 0 Å². The Hall–Kier alpha value is -0.380. The number of aliphatic hydroxyl groups is 2. The Morgan fingerprint density at radius 1 is 1.73 bits per heavy atom. The highest BCUT2D eigenvalue weighted by atomic mass is 16.5. The van der Waals surface area contributed by atoms with Crippen LogP contribution in [0, 0.1) is 6.08 Å². The highest BCUT2D eigenvalue weighted by molar-refractivity contribution is 4.89. The lowest BCUT2D eigenvalue weighted by atomic mass is 10.1. The minimum absolute atomic E-state index is 0.232. The summed E-state index contributed by atoms with van der Waals surface area (Å²) >= 11 is 0. The maximum Gasteiger partial charge on any atom is 0.110 e. The molecule has 3 heteroatoms. The quantitative estimate of drug-likeness (QED) is 0.587. The first-order valence-electron chi connectivity index (χ1n) is 3.69. The molecule has 1 saturated heterocycles. The third-order valence-electron chi connectivity index (χ3n) is 1.86. The normalized spacial score (nSPS) is 40.5. The fourth-order valence-electron chi connectivity index (χ4n) is 1.26. The van der Waals surface area contributed by atoms with Crippen LogP contribution in [0.5, 0.6) is 0 Å². The van der Waals surface area contributed by atoms with Gasteiger partial charge in [-0.15, -0.1) is 0 Å². The second-order valence-corrected chi connectivity index (χ2v) is 2.84. The van der Waals surface area contributed by atoms with Gasteiger partial charge in [-0.2, -0.15) is 0 Å². The average molecular weight is 157 g/mol. The molecule has 1 heterocycles. The maximum atomic E-state index is 9.31. The van der Waals surface area contributed by atoms with E-state index in [2.05, 4.69) is 12.7 Å². The standard InChI is InChI=1S/C8H13O3/c1-3-6-4-7(10)8(11-6)5(2)9/h5-10H,1,4H2,2H3/t5?,6-,7-,8+/m0/s1. The van der Waals surface area contributed by atoms with E-state index in [1.165, 1.54) is 0 Å². The van der Waals surface area contributed by atoms with Gasteiger partial charge in [0.05, 0.1) is 18.3 Å². The number of ether oxygens (including phenoxy) is 1. The molecule has 1 unspecified atom stereocenters. The van der Waals surface area contributed by atoms with Crippen molar-refractivity contribution < 1.29 is 14.9 Å². The molecular formula is C8H13O3. The molecule has 0 spiro atoms. The van der Waals surface area contributed by atoms with Crippen molar-refractivity contribution in [2.45, 2.75) is 37.8 Å². The van der Waals surface area contributed by atoms with Crippen LogP contribution in [-0.4, -0.2) is 34.6 Å². The van der Waals surface area contributed by atoms with Gasteiger partial charge >= 0.3 is 0 Å². The zero-order chi connectivity index (χ0) is 8.43. The highest BCUT2D eigenvalue weighted by Crippen LogP contribution is 2.22. The van der Waals surface area contributed by atoms with Crippen molar-refractivity contribution in [3.63, 3.8) is 0 Å². The summed E-state index contributed by atoms with van der Waals surface area (Å²) in [5, 5.41) is 18.4. The van der Waals surface area contributed by atoms with E-state index in [-0.39, 0.29) is 6.10 Å². The van der Waals surface area contributed by atoms with Crippen LogP contribution in [-0.2, 0) is 4.74 Å². The molecule has 1 rings (SSSR count). The molecule has 0 amide bonds. The number of aliphatic hydroxyl groups excluding tert-OH is 2. The lowest BCUT2D eigenvalue weighted by Gasteiger charge is -2.16. The molecule has 0 aliphatic carbocycles. The van der Waals surface area contributed by atoms with Gasteiger partial charge in [0.15, 0.2) is 0 Å². The average Bonchev–Trinajstić information content (AvgIpc) is 2.30. The van der Waals surface area contributed by atoms with Gasteiger partial charge in [-0.1, -0.05) is 6.58 Å². The van der Waals surface area contributed by atoms with Crippen LogP contribution >= 0.6 is 0 Å². The van der Waals surface area contributed by atoms with E-state index in [4.69, 9.17) is 9.84 Å². The first-order chi connectivity index (χ1) is 5.15. The molecule has 0 aromatic carbocycles. The van der Waals surface area contributed by atoms with E-state index in [0.717, 1.165) is 0 Å². The molecule has 2 N–H and O–H groups in total. The fourth-order valence-corrected chi connectivity index (χ4v) is 1.26. The van der Waals surface area contributed by atoms with Crippen molar-refractivity contribution in [3.05, 3.63) is 12.7 Å². The van der Waals surface area contributed by atoms with Gasteiger partial charge in [-0.25, -0.2) is 0 Å². The summed E-state index contributed by atoms with van der Waals surface area (Å²) in [5.74, 6) is 0. The van der Waals surface area contributed by atoms with Gasteiger partial charge in [-0.05, 0) is 13.0 Å². The predicted octanol–water partition coefficient (Wildman–Crippen LogP) is -0.125. The van der Waals surface area contributed by atoms with Crippen LogP contribution in [0.4, 0.5) is 0 Å². The smallest absolute Gasteiger partial charge is 0.110 e. The maximum absolute atomic E-state index is 9.31. The zero-order valence-electron chi connectivity index (χ0n) is 6.53. The molecule has 1 aliphatic rings. The predicted molar refractivity (Wildman–Crippen MR) is 39.8 cm³/mol. The van der Waals surface area contributed by atoms with Crippen molar-refractivity contribution in [1.29, 1.82) is 0 Å². The summed E-state index contributed by atoms with van der Waals surface area (Å²) in [6.07, 6.45) is 1.19. The van der Waals surface area contributed by atoms with E-state index in [1.54, 1.807) is 6.92 Å². The zero-order valence-corrected chi connectivity index (χ0v) is 6.53. The Labute approximate surface area is 66.3 Å². The van der Waals surface area contributed by atoms with E-state index in [0.29, 0.717) is 6.42 Å². The number of rotatable bonds is 2. The van der Waals surface area contributed by atoms with Gasteiger partial charge in [0.1, 0.15) is 6.10 Å². The summed E-state index contributed by atoms with van der Waals surface area (Å²) < 4.78 is 5.21. The summed E-state index contributed by atoms with van der Waals surface area (Å²) in [6, 6.07) is 0. The summed E-state index contributed by atoms with van der Waals surface area (Å²) in [4.78, 5) is 0. The molecule has 1 aliphatic heterocycles. The molecule has 0 bridgehead atoms. The van der Waals surface area contributed by atoms with E-state index < -0.39 is 18.3 Å². The Balaban J connectivity index is 2.51. The van der Waals surface area contributed by atoms with Gasteiger partial charge in [0.2, 0.25) is 0 Å².